The fraction of sp³-hybridized carbons (Fsp3) is 0.389. The number of hydrogen-bond acceptors (Lipinski definition) is 5. The molecular formula is C18H21N3O5. The molecule has 2 aromatic rings. The maximum absolute atomic E-state index is 12.6. The van der Waals surface area contributed by atoms with Gasteiger partial charge >= 0.3 is 5.97 Å². The van der Waals surface area contributed by atoms with Gasteiger partial charge < -0.3 is 19.9 Å². The summed E-state index contributed by atoms with van der Waals surface area (Å²) in [6, 6.07) is 4.65. The number of hydrogen-bond donors (Lipinski definition) is 2. The van der Waals surface area contributed by atoms with Crippen molar-refractivity contribution in [2.45, 2.75) is 31.7 Å². The van der Waals surface area contributed by atoms with E-state index in [4.69, 9.17) is 9.47 Å². The molecule has 138 valence electrons. The van der Waals surface area contributed by atoms with Gasteiger partial charge in [0.25, 0.3) is 5.91 Å². The van der Waals surface area contributed by atoms with Gasteiger partial charge in [0, 0.05) is 6.20 Å². The van der Waals surface area contributed by atoms with E-state index in [1.54, 1.807) is 12.3 Å². The molecule has 0 bridgehead atoms. The Labute approximate surface area is 150 Å². The van der Waals surface area contributed by atoms with E-state index >= 15 is 0 Å². The van der Waals surface area contributed by atoms with Crippen LogP contribution < -0.4 is 14.8 Å². The number of aromatic nitrogens is 2. The second kappa shape index (κ2) is 7.47. The van der Waals surface area contributed by atoms with Crippen molar-refractivity contribution in [2.24, 2.45) is 0 Å². The monoisotopic (exact) mass is 359 g/mol. The summed E-state index contributed by atoms with van der Waals surface area (Å²) in [5.41, 5.74) is 0.456. The maximum atomic E-state index is 12.6. The van der Waals surface area contributed by atoms with Crippen LogP contribution in [-0.2, 0) is 0 Å². The van der Waals surface area contributed by atoms with E-state index in [9.17, 15) is 14.7 Å². The molecule has 0 aliphatic heterocycles. The Morgan fingerprint density at radius 2 is 1.96 bits per heavy atom. The first kappa shape index (κ1) is 17.8. The average Bonchev–Trinajstić information content (AvgIpc) is 3.31. The van der Waals surface area contributed by atoms with Gasteiger partial charge in [0.15, 0.2) is 17.2 Å². The highest BCUT2D eigenvalue weighted by molar-refractivity contribution is 6.04. The van der Waals surface area contributed by atoms with Gasteiger partial charge in [0.1, 0.15) is 0 Å². The van der Waals surface area contributed by atoms with Gasteiger partial charge in [-0.15, -0.1) is 0 Å². The summed E-state index contributed by atoms with van der Waals surface area (Å²) in [5, 5.41) is 16.3. The smallest absolute Gasteiger partial charge is 0.335 e. The minimum absolute atomic E-state index is 0.0190. The summed E-state index contributed by atoms with van der Waals surface area (Å²) in [7, 11) is 2.82. The molecule has 1 fully saturated rings. The number of carboxylic acid groups (broad SMARTS) is 1. The minimum atomic E-state index is -1.13. The lowest BCUT2D eigenvalue weighted by atomic mass is 10.1. The van der Waals surface area contributed by atoms with Crippen molar-refractivity contribution in [1.29, 1.82) is 0 Å². The van der Waals surface area contributed by atoms with Gasteiger partial charge in [-0.05, 0) is 31.0 Å². The molecule has 8 nitrogen and oxygen atoms in total. The number of carboxylic acids is 1. The molecule has 26 heavy (non-hydrogen) atoms. The van der Waals surface area contributed by atoms with Gasteiger partial charge in [-0.25, -0.2) is 4.79 Å². The van der Waals surface area contributed by atoms with Gasteiger partial charge in [-0.1, -0.05) is 12.8 Å². The van der Waals surface area contributed by atoms with Crippen LogP contribution >= 0.6 is 0 Å². The van der Waals surface area contributed by atoms with Crippen LogP contribution in [0.2, 0.25) is 0 Å². The summed E-state index contributed by atoms with van der Waals surface area (Å²) in [6.45, 7) is 0. The van der Waals surface area contributed by atoms with Crippen LogP contribution in [0.15, 0.2) is 24.4 Å². The highest BCUT2D eigenvalue weighted by Crippen LogP contribution is 2.37. The molecule has 1 aromatic heterocycles. The predicted octanol–water partition coefficient (Wildman–Crippen LogP) is 2.97. The Morgan fingerprint density at radius 1 is 1.23 bits per heavy atom. The number of aromatic carboxylic acids is 1. The van der Waals surface area contributed by atoms with Crippen LogP contribution in [0.1, 0.15) is 52.6 Å². The zero-order valence-electron chi connectivity index (χ0n) is 14.7. The summed E-state index contributed by atoms with van der Waals surface area (Å²) < 4.78 is 12.3. The molecule has 0 saturated heterocycles. The van der Waals surface area contributed by atoms with E-state index in [0.29, 0.717) is 6.04 Å². The first-order chi connectivity index (χ1) is 12.5. The largest absolute Gasteiger partial charge is 0.493 e. The topological polar surface area (TPSA) is 103 Å². The molecule has 1 aliphatic carbocycles. The van der Waals surface area contributed by atoms with E-state index in [-0.39, 0.29) is 28.4 Å². The highest BCUT2D eigenvalue weighted by Gasteiger charge is 2.21. The van der Waals surface area contributed by atoms with Crippen molar-refractivity contribution in [3.05, 3.63) is 35.7 Å². The van der Waals surface area contributed by atoms with Crippen LogP contribution in [-0.4, -0.2) is 41.0 Å². The van der Waals surface area contributed by atoms with Gasteiger partial charge in [0.05, 0.1) is 31.5 Å². The SMILES string of the molecule is COc1cc(C(=O)O)cc(NC(=O)c2ccn(C3CCCC3)n2)c1OC. The fourth-order valence-corrected chi connectivity index (χ4v) is 3.20. The zero-order chi connectivity index (χ0) is 18.7. The first-order valence-corrected chi connectivity index (χ1v) is 8.39. The van der Waals surface area contributed by atoms with Gasteiger partial charge in [0.2, 0.25) is 0 Å². The summed E-state index contributed by atoms with van der Waals surface area (Å²) in [6.07, 6.45) is 6.27. The zero-order valence-corrected chi connectivity index (χ0v) is 14.7. The van der Waals surface area contributed by atoms with Crippen LogP contribution in [0.3, 0.4) is 0 Å². The molecular weight excluding hydrogens is 338 g/mol. The second-order valence-corrected chi connectivity index (χ2v) is 6.14. The molecule has 0 spiro atoms. The number of amides is 1. The molecule has 1 heterocycles. The number of benzene rings is 1. The Balaban J connectivity index is 1.86. The minimum Gasteiger partial charge on any atom is -0.493 e. The average molecular weight is 359 g/mol. The number of anilines is 1. The number of rotatable bonds is 6. The molecule has 1 aliphatic rings. The van der Waals surface area contributed by atoms with Crippen LogP contribution in [0.4, 0.5) is 5.69 Å². The fourth-order valence-electron chi connectivity index (χ4n) is 3.20. The normalized spacial score (nSPS) is 14.2. The third-order valence-corrected chi connectivity index (χ3v) is 4.51. The lowest BCUT2D eigenvalue weighted by Gasteiger charge is -2.14. The number of ether oxygens (including phenoxy) is 2. The lowest BCUT2D eigenvalue weighted by molar-refractivity contribution is 0.0696. The Morgan fingerprint density at radius 3 is 2.58 bits per heavy atom. The van der Waals surface area contributed by atoms with Crippen molar-refractivity contribution in [1.82, 2.24) is 9.78 Å². The first-order valence-electron chi connectivity index (χ1n) is 8.39. The molecule has 2 N–H and O–H groups in total. The molecule has 1 aromatic carbocycles. The molecule has 8 heteroatoms. The van der Waals surface area contributed by atoms with E-state index in [2.05, 4.69) is 10.4 Å². The van der Waals surface area contributed by atoms with Crippen LogP contribution in [0.25, 0.3) is 0 Å². The number of nitrogens with zero attached hydrogens (tertiary/aromatic N) is 2. The summed E-state index contributed by atoms with van der Waals surface area (Å²) >= 11 is 0. The highest BCUT2D eigenvalue weighted by atomic mass is 16.5. The summed E-state index contributed by atoms with van der Waals surface area (Å²) in [4.78, 5) is 23.9. The van der Waals surface area contributed by atoms with Crippen molar-refractivity contribution in [2.75, 3.05) is 19.5 Å². The van der Waals surface area contributed by atoms with Crippen molar-refractivity contribution < 1.29 is 24.2 Å². The van der Waals surface area contributed by atoms with Gasteiger partial charge in [-0.2, -0.15) is 5.10 Å². The predicted molar refractivity (Wildman–Crippen MR) is 94.2 cm³/mol. The quantitative estimate of drug-likeness (QED) is 0.822. The van der Waals surface area contributed by atoms with Gasteiger partial charge in [-0.3, -0.25) is 9.48 Å². The van der Waals surface area contributed by atoms with E-state index in [1.807, 2.05) is 4.68 Å². The lowest BCUT2D eigenvalue weighted by Crippen LogP contribution is -2.15. The summed E-state index contributed by atoms with van der Waals surface area (Å²) in [5.74, 6) is -1.10. The number of carbonyl (C=O) groups is 2. The number of carbonyl (C=O) groups excluding carboxylic acids is 1. The third-order valence-electron chi connectivity index (χ3n) is 4.51. The van der Waals surface area contributed by atoms with E-state index < -0.39 is 11.9 Å². The Bertz CT molecular complexity index is 824. The molecule has 0 unspecified atom stereocenters. The molecule has 1 amide bonds. The Kier molecular flexibility index (Phi) is 5.11. The maximum Gasteiger partial charge on any atom is 0.335 e. The molecule has 3 rings (SSSR count). The number of nitrogens with one attached hydrogen (secondary N) is 1. The molecule has 0 atom stereocenters. The van der Waals surface area contributed by atoms with E-state index in [0.717, 1.165) is 12.8 Å². The second-order valence-electron chi connectivity index (χ2n) is 6.14. The standard InChI is InChI=1S/C18H21N3O5/c1-25-15-10-11(18(23)24)9-14(16(15)26-2)19-17(22)13-7-8-21(20-13)12-5-3-4-6-12/h7-10,12H,3-6H2,1-2H3,(H,19,22)(H,23,24). The van der Waals surface area contributed by atoms with Crippen molar-refractivity contribution >= 4 is 17.6 Å². The van der Waals surface area contributed by atoms with Crippen molar-refractivity contribution in [3.8, 4) is 11.5 Å². The Hall–Kier alpha value is -3.03. The van der Waals surface area contributed by atoms with Crippen LogP contribution in [0.5, 0.6) is 11.5 Å². The van der Waals surface area contributed by atoms with E-state index in [1.165, 1.54) is 39.2 Å². The van der Waals surface area contributed by atoms with Crippen LogP contribution in [0, 0.1) is 0 Å². The number of methoxy groups -OCH3 is 2. The van der Waals surface area contributed by atoms with Crippen molar-refractivity contribution in [3.63, 3.8) is 0 Å². The third kappa shape index (κ3) is 3.49. The molecule has 0 radical (unpaired) electrons. The molecule has 1 saturated carbocycles.